The second-order valence-corrected chi connectivity index (χ2v) is 6.40. The Bertz CT molecular complexity index is 269. The van der Waals surface area contributed by atoms with Gasteiger partial charge in [0, 0.05) is 16.4 Å². The van der Waals surface area contributed by atoms with Gasteiger partial charge in [0.1, 0.15) is 0 Å². The van der Waals surface area contributed by atoms with Gasteiger partial charge in [-0.2, -0.15) is 0 Å². The fourth-order valence-electron chi connectivity index (χ4n) is 0.910. The third-order valence-corrected chi connectivity index (χ3v) is 4.82. The monoisotopic (exact) mass is 256 g/mol. The number of thioether (sulfide) groups is 1. The maximum absolute atomic E-state index is 2.23. The second-order valence-electron chi connectivity index (χ2n) is 2.91. The number of hydrogen-bond donors (Lipinski definition) is 0. The predicted octanol–water partition coefficient (Wildman–Crippen LogP) is 5.08. The van der Waals surface area contributed by atoms with Crippen molar-refractivity contribution in [3.05, 3.63) is 41.8 Å². The highest BCUT2D eigenvalue weighted by atomic mass is 33.1. The Hall–Kier alpha value is 0.01000. The molecule has 15 heavy (non-hydrogen) atoms. The van der Waals surface area contributed by atoms with Crippen LogP contribution in [0.4, 0.5) is 0 Å². The molecule has 0 aliphatic carbocycles. The molecule has 0 saturated carbocycles. The van der Waals surface area contributed by atoms with Crippen molar-refractivity contribution in [3.63, 3.8) is 0 Å². The minimum atomic E-state index is 1.06. The molecule has 1 aromatic carbocycles. The van der Waals surface area contributed by atoms with E-state index in [1.165, 1.54) is 17.1 Å². The Morgan fingerprint density at radius 3 is 2.73 bits per heavy atom. The van der Waals surface area contributed by atoms with E-state index in [4.69, 9.17) is 0 Å². The highest BCUT2D eigenvalue weighted by molar-refractivity contribution is 8.77. The first-order chi connectivity index (χ1) is 7.43. The van der Waals surface area contributed by atoms with Crippen LogP contribution in [0, 0.1) is 0 Å². The van der Waals surface area contributed by atoms with Gasteiger partial charge in [0.15, 0.2) is 0 Å². The van der Waals surface area contributed by atoms with Crippen LogP contribution in [-0.4, -0.2) is 11.5 Å². The molecule has 0 spiro atoms. The van der Waals surface area contributed by atoms with Crippen molar-refractivity contribution in [1.82, 2.24) is 0 Å². The summed E-state index contributed by atoms with van der Waals surface area (Å²) in [5.74, 6) is 2.30. The molecule has 0 heterocycles. The fourth-order valence-corrected chi connectivity index (χ4v) is 3.54. The molecule has 1 aromatic rings. The largest absolute Gasteiger partial charge is 0.122 e. The molecule has 0 aliphatic rings. The van der Waals surface area contributed by atoms with Crippen molar-refractivity contribution in [2.75, 3.05) is 11.5 Å². The van der Waals surface area contributed by atoms with Gasteiger partial charge in [0.2, 0.25) is 0 Å². The maximum atomic E-state index is 2.23. The van der Waals surface area contributed by atoms with Crippen LogP contribution in [0.25, 0.3) is 0 Å². The Morgan fingerprint density at radius 1 is 1.20 bits per heavy atom. The van der Waals surface area contributed by atoms with E-state index in [-0.39, 0.29) is 0 Å². The van der Waals surface area contributed by atoms with Gasteiger partial charge >= 0.3 is 0 Å². The van der Waals surface area contributed by atoms with E-state index in [9.17, 15) is 0 Å². The third-order valence-electron chi connectivity index (χ3n) is 1.60. The van der Waals surface area contributed by atoms with Crippen LogP contribution in [0.15, 0.2) is 46.7 Å². The SMILES string of the molecule is CCCSS/C=C\CSc1ccccc1. The van der Waals surface area contributed by atoms with Crippen LogP contribution < -0.4 is 0 Å². The Morgan fingerprint density at radius 2 is 2.00 bits per heavy atom. The first-order valence-corrected chi connectivity index (χ1v) is 8.41. The second kappa shape index (κ2) is 9.25. The van der Waals surface area contributed by atoms with Crippen molar-refractivity contribution < 1.29 is 0 Å². The highest BCUT2D eigenvalue weighted by Gasteiger charge is 1.88. The summed E-state index contributed by atoms with van der Waals surface area (Å²) in [7, 11) is 3.76. The first kappa shape index (κ1) is 13.1. The summed E-state index contributed by atoms with van der Waals surface area (Å²) >= 11 is 1.87. The van der Waals surface area contributed by atoms with E-state index in [1.807, 2.05) is 33.3 Å². The van der Waals surface area contributed by atoms with E-state index in [1.54, 1.807) is 0 Å². The van der Waals surface area contributed by atoms with E-state index in [0.29, 0.717) is 0 Å². The van der Waals surface area contributed by atoms with Crippen molar-refractivity contribution in [1.29, 1.82) is 0 Å². The zero-order chi connectivity index (χ0) is 10.8. The summed E-state index contributed by atoms with van der Waals surface area (Å²) in [6, 6.07) is 10.5. The average molecular weight is 256 g/mol. The molecule has 82 valence electrons. The minimum absolute atomic E-state index is 1.06. The zero-order valence-electron chi connectivity index (χ0n) is 8.89. The fraction of sp³-hybridized carbons (Fsp3) is 0.333. The number of benzene rings is 1. The lowest BCUT2D eigenvalue weighted by Crippen LogP contribution is -1.71. The topological polar surface area (TPSA) is 0 Å². The van der Waals surface area contributed by atoms with Crippen molar-refractivity contribution >= 4 is 33.3 Å². The van der Waals surface area contributed by atoms with Crippen LogP contribution in [-0.2, 0) is 0 Å². The molecular formula is C12H16S3. The predicted molar refractivity (Wildman–Crippen MR) is 76.6 cm³/mol. The summed E-state index contributed by atoms with van der Waals surface area (Å²) in [5, 5.41) is 2.19. The summed E-state index contributed by atoms with van der Waals surface area (Å²) in [5.41, 5.74) is 0. The van der Waals surface area contributed by atoms with Gasteiger partial charge in [-0.25, -0.2) is 0 Å². The quantitative estimate of drug-likeness (QED) is 0.379. The molecule has 0 saturated heterocycles. The maximum Gasteiger partial charge on any atom is 0.0169 e. The van der Waals surface area contributed by atoms with Crippen LogP contribution >= 0.6 is 33.3 Å². The summed E-state index contributed by atoms with van der Waals surface area (Å²) in [4.78, 5) is 1.34. The lowest BCUT2D eigenvalue weighted by atomic mass is 10.4. The van der Waals surface area contributed by atoms with Crippen LogP contribution in [0.3, 0.4) is 0 Å². The van der Waals surface area contributed by atoms with Gasteiger partial charge < -0.3 is 0 Å². The van der Waals surface area contributed by atoms with Crippen molar-refractivity contribution in [2.45, 2.75) is 18.2 Å². The van der Waals surface area contributed by atoms with E-state index in [0.717, 1.165) is 5.75 Å². The van der Waals surface area contributed by atoms with E-state index < -0.39 is 0 Å². The van der Waals surface area contributed by atoms with Gasteiger partial charge in [0.05, 0.1) is 0 Å². The van der Waals surface area contributed by atoms with Crippen LogP contribution in [0.2, 0.25) is 0 Å². The molecular weight excluding hydrogens is 240 g/mol. The molecule has 0 fully saturated rings. The molecule has 0 atom stereocenters. The number of rotatable bonds is 7. The van der Waals surface area contributed by atoms with Gasteiger partial charge in [0.25, 0.3) is 0 Å². The first-order valence-electron chi connectivity index (χ1n) is 5.04. The summed E-state index contributed by atoms with van der Waals surface area (Å²) in [6.45, 7) is 2.21. The molecule has 0 aliphatic heterocycles. The van der Waals surface area contributed by atoms with Crippen LogP contribution in [0.1, 0.15) is 13.3 Å². The molecule has 0 N–H and O–H groups in total. The van der Waals surface area contributed by atoms with Crippen molar-refractivity contribution in [3.8, 4) is 0 Å². The van der Waals surface area contributed by atoms with Crippen LogP contribution in [0.5, 0.6) is 0 Å². The third kappa shape index (κ3) is 6.98. The standard InChI is InChI=1S/C12H16S3/c1-2-9-14-15-11-6-10-13-12-7-4-3-5-8-12/h3-8,11H,2,9-10H2,1H3/b11-6-. The zero-order valence-corrected chi connectivity index (χ0v) is 11.3. The number of hydrogen-bond acceptors (Lipinski definition) is 3. The van der Waals surface area contributed by atoms with Crippen molar-refractivity contribution in [2.24, 2.45) is 0 Å². The van der Waals surface area contributed by atoms with Gasteiger partial charge in [-0.15, -0.1) is 11.8 Å². The molecule has 0 radical (unpaired) electrons. The van der Waals surface area contributed by atoms with E-state index in [2.05, 4.69) is 48.7 Å². The average Bonchev–Trinajstić information content (AvgIpc) is 2.29. The van der Waals surface area contributed by atoms with Gasteiger partial charge in [-0.05, 0) is 24.0 Å². The molecule has 0 nitrogen and oxygen atoms in total. The molecule has 3 heteroatoms. The molecule has 1 rings (SSSR count). The summed E-state index contributed by atoms with van der Waals surface area (Å²) < 4.78 is 0. The summed E-state index contributed by atoms with van der Waals surface area (Å²) in [6.07, 6.45) is 3.48. The Balaban J connectivity index is 2.06. The lowest BCUT2D eigenvalue weighted by Gasteiger charge is -1.96. The van der Waals surface area contributed by atoms with Gasteiger partial charge in [-0.3, -0.25) is 0 Å². The van der Waals surface area contributed by atoms with Gasteiger partial charge in [-0.1, -0.05) is 52.8 Å². The Kier molecular flexibility index (Phi) is 8.07. The molecule has 0 amide bonds. The molecule has 0 bridgehead atoms. The normalized spacial score (nSPS) is 11.0. The highest BCUT2D eigenvalue weighted by Crippen LogP contribution is 2.24. The smallest absolute Gasteiger partial charge is 0.0169 e. The molecule has 0 aromatic heterocycles. The van der Waals surface area contributed by atoms with E-state index >= 15 is 0 Å². The lowest BCUT2D eigenvalue weighted by molar-refractivity contribution is 1.11. The Labute approximate surface area is 105 Å². The minimum Gasteiger partial charge on any atom is -0.122 e. The molecule has 0 unspecified atom stereocenters.